The van der Waals surface area contributed by atoms with Crippen molar-refractivity contribution in [3.8, 4) is 0 Å². The minimum absolute atomic E-state index is 0.0393. The first-order valence-corrected chi connectivity index (χ1v) is 6.16. The molecule has 5 heteroatoms. The van der Waals surface area contributed by atoms with Crippen LogP contribution >= 0.6 is 12.6 Å². The van der Waals surface area contributed by atoms with Crippen LogP contribution in [0.15, 0.2) is 0 Å². The van der Waals surface area contributed by atoms with E-state index in [2.05, 4.69) is 33.4 Å². The van der Waals surface area contributed by atoms with Crippen LogP contribution in [0.3, 0.4) is 0 Å². The van der Waals surface area contributed by atoms with E-state index in [1.807, 2.05) is 0 Å². The number of alkyl halides is 2. The average molecular weight is 255 g/mol. The third-order valence-electron chi connectivity index (χ3n) is 2.74. The van der Waals surface area contributed by atoms with Crippen LogP contribution in [-0.4, -0.2) is 48.4 Å². The molecule has 0 aliphatic rings. The van der Waals surface area contributed by atoms with Gasteiger partial charge in [0.15, 0.2) is 0 Å². The highest BCUT2D eigenvalue weighted by atomic mass is 32.1. The third kappa shape index (κ3) is 6.66. The maximum absolute atomic E-state index is 12.3. The van der Waals surface area contributed by atoms with E-state index in [0.717, 1.165) is 0 Å². The summed E-state index contributed by atoms with van der Waals surface area (Å²) in [6.07, 6.45) is -2.35. The molecule has 2 nitrogen and oxygen atoms in total. The van der Waals surface area contributed by atoms with Crippen molar-refractivity contribution in [3.63, 3.8) is 0 Å². The van der Waals surface area contributed by atoms with Gasteiger partial charge in [0.2, 0.25) is 0 Å². The number of nitrogens with zero attached hydrogens (tertiary/aromatic N) is 1. The molecule has 0 aromatic heterocycles. The molecule has 1 unspecified atom stereocenters. The molecule has 0 saturated carbocycles. The SMILES string of the molecule is CC(C)(C)C(CS)CN(CCO)CC(F)F. The van der Waals surface area contributed by atoms with E-state index in [1.54, 1.807) is 4.90 Å². The summed E-state index contributed by atoms with van der Waals surface area (Å²) < 4.78 is 24.6. The first-order valence-electron chi connectivity index (χ1n) is 5.53. The molecule has 0 rings (SSSR count). The zero-order chi connectivity index (χ0) is 12.8. The van der Waals surface area contributed by atoms with E-state index in [0.29, 0.717) is 18.8 Å². The number of aliphatic hydroxyl groups excluding tert-OH is 1. The molecule has 98 valence electrons. The largest absolute Gasteiger partial charge is 0.395 e. The van der Waals surface area contributed by atoms with Crippen LogP contribution in [0, 0.1) is 11.3 Å². The molecule has 0 saturated heterocycles. The maximum atomic E-state index is 12.3. The van der Waals surface area contributed by atoms with Gasteiger partial charge in [0.25, 0.3) is 6.43 Å². The van der Waals surface area contributed by atoms with Crippen LogP contribution in [-0.2, 0) is 0 Å². The standard InChI is InChI=1S/C11H23F2NOS/c1-11(2,3)9(8-16)6-14(4-5-15)7-10(12)13/h9-10,15-16H,4-8H2,1-3H3. The van der Waals surface area contributed by atoms with Crippen molar-refractivity contribution < 1.29 is 13.9 Å². The van der Waals surface area contributed by atoms with Crippen LogP contribution in [0.5, 0.6) is 0 Å². The summed E-state index contributed by atoms with van der Waals surface area (Å²) >= 11 is 4.27. The third-order valence-corrected chi connectivity index (χ3v) is 3.18. The molecule has 16 heavy (non-hydrogen) atoms. The molecule has 0 amide bonds. The molecular formula is C11H23F2NOS. The quantitative estimate of drug-likeness (QED) is 0.681. The van der Waals surface area contributed by atoms with Crippen LogP contribution in [0.1, 0.15) is 20.8 Å². The zero-order valence-electron chi connectivity index (χ0n) is 10.3. The van der Waals surface area contributed by atoms with Gasteiger partial charge in [0.1, 0.15) is 0 Å². The fourth-order valence-electron chi connectivity index (χ4n) is 1.51. The Morgan fingerprint density at radius 2 is 1.81 bits per heavy atom. The van der Waals surface area contributed by atoms with Gasteiger partial charge in [0.05, 0.1) is 13.2 Å². The van der Waals surface area contributed by atoms with Crippen LogP contribution in [0.4, 0.5) is 8.78 Å². The van der Waals surface area contributed by atoms with Gasteiger partial charge in [-0.15, -0.1) is 0 Å². The lowest BCUT2D eigenvalue weighted by Crippen LogP contribution is -2.40. The van der Waals surface area contributed by atoms with Gasteiger partial charge in [-0.25, -0.2) is 8.78 Å². The van der Waals surface area contributed by atoms with Crippen molar-refractivity contribution in [1.82, 2.24) is 4.90 Å². The number of hydrogen-bond donors (Lipinski definition) is 2. The Bertz CT molecular complexity index is 185. The topological polar surface area (TPSA) is 23.5 Å². The van der Waals surface area contributed by atoms with Crippen molar-refractivity contribution in [3.05, 3.63) is 0 Å². The number of hydrogen-bond acceptors (Lipinski definition) is 3. The summed E-state index contributed by atoms with van der Waals surface area (Å²) in [5.74, 6) is 0.899. The molecule has 0 aromatic rings. The summed E-state index contributed by atoms with van der Waals surface area (Å²) in [5.41, 5.74) is 0.0393. The van der Waals surface area contributed by atoms with Gasteiger partial charge >= 0.3 is 0 Å². The Morgan fingerprint density at radius 3 is 2.12 bits per heavy atom. The molecule has 0 aromatic carbocycles. The summed E-state index contributed by atoms with van der Waals surface area (Å²) in [5, 5.41) is 8.83. The van der Waals surface area contributed by atoms with Crippen LogP contribution in [0.25, 0.3) is 0 Å². The van der Waals surface area contributed by atoms with Gasteiger partial charge in [0, 0.05) is 13.1 Å². The number of thiol groups is 1. The minimum atomic E-state index is -2.35. The van der Waals surface area contributed by atoms with Crippen molar-refractivity contribution >= 4 is 12.6 Å². The minimum Gasteiger partial charge on any atom is -0.395 e. The lowest BCUT2D eigenvalue weighted by atomic mass is 9.81. The molecule has 0 aliphatic heterocycles. The Morgan fingerprint density at radius 1 is 1.25 bits per heavy atom. The first kappa shape index (κ1) is 16.1. The first-order chi connectivity index (χ1) is 7.31. The van der Waals surface area contributed by atoms with Gasteiger partial charge in [-0.3, -0.25) is 4.90 Å². The van der Waals surface area contributed by atoms with Gasteiger partial charge < -0.3 is 5.11 Å². The zero-order valence-corrected chi connectivity index (χ0v) is 11.2. The second kappa shape index (κ2) is 7.45. The number of rotatable bonds is 7. The van der Waals surface area contributed by atoms with Gasteiger partial charge in [-0.1, -0.05) is 20.8 Å². The molecule has 0 fully saturated rings. The summed E-state index contributed by atoms with van der Waals surface area (Å²) in [4.78, 5) is 1.61. The fraction of sp³-hybridized carbons (Fsp3) is 1.00. The smallest absolute Gasteiger partial charge is 0.251 e. The highest BCUT2D eigenvalue weighted by Gasteiger charge is 2.26. The van der Waals surface area contributed by atoms with Crippen LogP contribution in [0.2, 0.25) is 0 Å². The van der Waals surface area contributed by atoms with Gasteiger partial charge in [-0.2, -0.15) is 12.6 Å². The predicted octanol–water partition coefficient (Wildman–Crippen LogP) is 2.14. The molecule has 0 radical (unpaired) electrons. The molecule has 0 aliphatic carbocycles. The average Bonchev–Trinajstić information content (AvgIpc) is 2.11. The van der Waals surface area contributed by atoms with Crippen molar-refractivity contribution in [2.24, 2.45) is 11.3 Å². The van der Waals surface area contributed by atoms with E-state index < -0.39 is 6.43 Å². The molecule has 0 spiro atoms. The van der Waals surface area contributed by atoms with Crippen molar-refractivity contribution in [1.29, 1.82) is 0 Å². The van der Waals surface area contributed by atoms with E-state index in [4.69, 9.17) is 5.11 Å². The van der Waals surface area contributed by atoms with Crippen LogP contribution < -0.4 is 0 Å². The summed E-state index contributed by atoms with van der Waals surface area (Å²) in [7, 11) is 0. The number of aliphatic hydroxyl groups is 1. The van der Waals surface area contributed by atoms with Crippen molar-refractivity contribution in [2.45, 2.75) is 27.2 Å². The second-order valence-corrected chi connectivity index (χ2v) is 5.48. The number of halogens is 2. The van der Waals surface area contributed by atoms with Gasteiger partial charge in [-0.05, 0) is 17.1 Å². The molecule has 1 atom stereocenters. The fourth-order valence-corrected chi connectivity index (χ4v) is 2.17. The highest BCUT2D eigenvalue weighted by Crippen LogP contribution is 2.27. The normalized spacial score (nSPS) is 14.8. The summed E-state index contributed by atoms with van der Waals surface area (Å²) in [6.45, 7) is 6.72. The second-order valence-electron chi connectivity index (χ2n) is 5.12. The highest BCUT2D eigenvalue weighted by molar-refractivity contribution is 7.80. The molecule has 1 N–H and O–H groups in total. The Kier molecular flexibility index (Phi) is 7.52. The lowest BCUT2D eigenvalue weighted by molar-refractivity contribution is 0.0593. The Labute approximate surface area is 102 Å². The van der Waals surface area contributed by atoms with E-state index in [1.165, 1.54) is 0 Å². The Hall–Kier alpha value is 0.130. The van der Waals surface area contributed by atoms with E-state index in [9.17, 15) is 8.78 Å². The van der Waals surface area contributed by atoms with Crippen molar-refractivity contribution in [2.75, 3.05) is 32.0 Å². The molecule has 0 bridgehead atoms. The molecule has 0 heterocycles. The maximum Gasteiger partial charge on any atom is 0.251 e. The van der Waals surface area contributed by atoms with E-state index >= 15 is 0 Å². The monoisotopic (exact) mass is 255 g/mol. The summed E-state index contributed by atoms with van der Waals surface area (Å²) in [6, 6.07) is 0. The lowest BCUT2D eigenvalue weighted by Gasteiger charge is -2.34. The van der Waals surface area contributed by atoms with E-state index in [-0.39, 0.29) is 24.5 Å². The predicted molar refractivity (Wildman–Crippen MR) is 66.3 cm³/mol. The molecular weight excluding hydrogens is 232 g/mol. The Balaban J connectivity index is 4.34.